The van der Waals surface area contributed by atoms with Crippen molar-refractivity contribution in [3.63, 3.8) is 0 Å². The first-order valence-electron chi connectivity index (χ1n) is 7.00. The lowest BCUT2D eigenvalue weighted by atomic mass is 10.2. The van der Waals surface area contributed by atoms with E-state index >= 15 is 0 Å². The molecule has 0 saturated carbocycles. The van der Waals surface area contributed by atoms with E-state index in [1.807, 2.05) is 0 Å². The van der Waals surface area contributed by atoms with Crippen LogP contribution in [0.1, 0.15) is 25.3 Å². The average Bonchev–Trinajstić information content (AvgIpc) is 2.98. The first kappa shape index (κ1) is 16.7. The first-order chi connectivity index (χ1) is 9.98. The topological polar surface area (TPSA) is 66.8 Å². The molecule has 1 aliphatic rings. The molecule has 1 aliphatic heterocycles. The molecule has 1 N–H and O–H groups in total. The van der Waals surface area contributed by atoms with Crippen molar-refractivity contribution < 1.29 is 18.3 Å². The second-order valence-electron chi connectivity index (χ2n) is 5.01. The minimum absolute atomic E-state index is 0.0376. The lowest BCUT2D eigenvalue weighted by Crippen LogP contribution is -2.37. The maximum absolute atomic E-state index is 12.7. The molecule has 21 heavy (non-hydrogen) atoms. The fourth-order valence-corrected chi connectivity index (χ4v) is 4.40. The van der Waals surface area contributed by atoms with Crippen molar-refractivity contribution in [1.29, 1.82) is 0 Å². The molecule has 118 valence electrons. The van der Waals surface area contributed by atoms with Gasteiger partial charge in [0.15, 0.2) is 0 Å². The lowest BCUT2D eigenvalue weighted by molar-refractivity contribution is 0.0947. The van der Waals surface area contributed by atoms with Crippen LogP contribution in [-0.4, -0.2) is 43.6 Å². The van der Waals surface area contributed by atoms with Gasteiger partial charge in [-0.3, -0.25) is 0 Å². The van der Waals surface area contributed by atoms with Crippen LogP contribution in [0.25, 0.3) is 0 Å². The number of benzene rings is 1. The van der Waals surface area contributed by atoms with Crippen molar-refractivity contribution in [2.75, 3.05) is 19.7 Å². The van der Waals surface area contributed by atoms with E-state index in [-0.39, 0.29) is 22.6 Å². The number of rotatable bonds is 6. The number of nitrogens with zero attached hydrogens (tertiary/aromatic N) is 1. The number of halogens is 1. The van der Waals surface area contributed by atoms with Crippen LogP contribution < -0.4 is 0 Å². The van der Waals surface area contributed by atoms with Crippen LogP contribution in [-0.2, 0) is 21.4 Å². The van der Waals surface area contributed by atoms with Crippen molar-refractivity contribution in [2.24, 2.45) is 0 Å². The van der Waals surface area contributed by atoms with Crippen LogP contribution in [0.5, 0.6) is 0 Å². The number of aliphatic hydroxyl groups excluding tert-OH is 1. The highest BCUT2D eigenvalue weighted by Gasteiger charge is 2.29. The molecule has 0 spiro atoms. The Kier molecular flexibility index (Phi) is 5.62. The van der Waals surface area contributed by atoms with Gasteiger partial charge in [-0.1, -0.05) is 24.6 Å². The summed E-state index contributed by atoms with van der Waals surface area (Å²) in [6.07, 6.45) is 1.78. The molecule has 1 aromatic rings. The first-order valence-corrected chi connectivity index (χ1v) is 8.82. The van der Waals surface area contributed by atoms with Crippen LogP contribution >= 0.6 is 11.6 Å². The van der Waals surface area contributed by atoms with Crippen molar-refractivity contribution >= 4 is 21.6 Å². The Morgan fingerprint density at radius 2 is 2.24 bits per heavy atom. The summed E-state index contributed by atoms with van der Waals surface area (Å²) in [6.45, 7) is 2.93. The molecular formula is C14H20ClNO4S. The van der Waals surface area contributed by atoms with E-state index in [2.05, 4.69) is 0 Å². The number of ether oxygens (including phenoxy) is 1. The summed E-state index contributed by atoms with van der Waals surface area (Å²) in [6, 6.07) is 4.54. The number of sulfonamides is 1. The molecule has 0 aromatic heterocycles. The molecule has 0 radical (unpaired) electrons. The molecular weight excluding hydrogens is 314 g/mol. The summed E-state index contributed by atoms with van der Waals surface area (Å²) in [5.74, 6) is 0. The zero-order chi connectivity index (χ0) is 15.5. The highest BCUT2D eigenvalue weighted by Crippen LogP contribution is 2.27. The molecule has 5 nitrogen and oxygen atoms in total. The summed E-state index contributed by atoms with van der Waals surface area (Å²) in [4.78, 5) is 0.0376. The molecule has 0 amide bonds. The predicted molar refractivity (Wildman–Crippen MR) is 80.8 cm³/mol. The Bertz CT molecular complexity index is 585. The number of likely N-dealkylation sites (N-methyl/N-ethyl adjacent to an activating group) is 1. The predicted octanol–water partition coefficient (Wildman–Crippen LogP) is 2.02. The molecule has 0 bridgehead atoms. The van der Waals surface area contributed by atoms with Gasteiger partial charge in [0.25, 0.3) is 0 Å². The second-order valence-corrected chi connectivity index (χ2v) is 7.33. The lowest BCUT2D eigenvalue weighted by Gasteiger charge is -2.24. The van der Waals surface area contributed by atoms with Crippen molar-refractivity contribution in [3.8, 4) is 0 Å². The van der Waals surface area contributed by atoms with Crippen LogP contribution in [0.3, 0.4) is 0 Å². The van der Waals surface area contributed by atoms with Gasteiger partial charge in [0.2, 0.25) is 10.0 Å². The molecule has 1 saturated heterocycles. The monoisotopic (exact) mass is 333 g/mol. The SMILES string of the molecule is CCN(CC1CCCO1)S(=O)(=O)c1cc(CO)ccc1Cl. The third-order valence-electron chi connectivity index (χ3n) is 3.58. The maximum atomic E-state index is 12.7. The van der Waals surface area contributed by atoms with Crippen LogP contribution in [0, 0.1) is 0 Å². The third kappa shape index (κ3) is 3.76. The maximum Gasteiger partial charge on any atom is 0.244 e. The zero-order valence-electron chi connectivity index (χ0n) is 12.0. The van der Waals surface area contributed by atoms with Crippen molar-refractivity contribution in [3.05, 3.63) is 28.8 Å². The molecule has 1 atom stereocenters. The summed E-state index contributed by atoms with van der Waals surface area (Å²) >= 11 is 6.04. The van der Waals surface area contributed by atoms with Gasteiger partial charge < -0.3 is 9.84 Å². The van der Waals surface area contributed by atoms with E-state index in [4.69, 9.17) is 16.3 Å². The Balaban J connectivity index is 2.29. The highest BCUT2D eigenvalue weighted by atomic mass is 35.5. The van der Waals surface area contributed by atoms with Crippen LogP contribution in [0.2, 0.25) is 5.02 Å². The minimum atomic E-state index is -3.69. The molecule has 0 aliphatic carbocycles. The van der Waals surface area contributed by atoms with E-state index in [1.54, 1.807) is 13.0 Å². The van der Waals surface area contributed by atoms with Gasteiger partial charge in [-0.05, 0) is 30.5 Å². The van der Waals surface area contributed by atoms with E-state index in [9.17, 15) is 13.5 Å². The van der Waals surface area contributed by atoms with Gasteiger partial charge in [0.05, 0.1) is 17.7 Å². The van der Waals surface area contributed by atoms with Gasteiger partial charge in [0.1, 0.15) is 4.90 Å². The van der Waals surface area contributed by atoms with Crippen LogP contribution in [0.4, 0.5) is 0 Å². The molecule has 7 heteroatoms. The second kappa shape index (κ2) is 7.07. The third-order valence-corrected chi connectivity index (χ3v) is 6.00. The van der Waals surface area contributed by atoms with E-state index in [0.717, 1.165) is 12.8 Å². The number of hydrogen-bond acceptors (Lipinski definition) is 4. The zero-order valence-corrected chi connectivity index (χ0v) is 13.5. The Labute approximate surface area is 130 Å². The average molecular weight is 334 g/mol. The Morgan fingerprint density at radius 3 is 2.81 bits per heavy atom. The smallest absolute Gasteiger partial charge is 0.244 e. The van der Waals surface area contributed by atoms with Crippen LogP contribution in [0.15, 0.2) is 23.1 Å². The molecule has 1 fully saturated rings. The van der Waals surface area contributed by atoms with E-state index < -0.39 is 10.0 Å². The highest BCUT2D eigenvalue weighted by molar-refractivity contribution is 7.89. The molecule has 1 heterocycles. The number of hydrogen-bond donors (Lipinski definition) is 1. The standard InChI is InChI=1S/C14H20ClNO4S/c1-2-16(9-12-4-3-7-20-12)21(18,19)14-8-11(10-17)5-6-13(14)15/h5-6,8,12,17H,2-4,7,9-10H2,1H3. The Morgan fingerprint density at radius 1 is 1.48 bits per heavy atom. The van der Waals surface area contributed by atoms with Crippen molar-refractivity contribution in [1.82, 2.24) is 4.31 Å². The summed E-state index contributed by atoms with van der Waals surface area (Å²) in [7, 11) is -3.69. The fraction of sp³-hybridized carbons (Fsp3) is 0.571. The fourth-order valence-electron chi connectivity index (χ4n) is 2.40. The van der Waals surface area contributed by atoms with Gasteiger partial charge >= 0.3 is 0 Å². The summed E-state index contributed by atoms with van der Waals surface area (Å²) in [5.41, 5.74) is 0.520. The summed E-state index contributed by atoms with van der Waals surface area (Å²) < 4.78 is 32.4. The normalized spacial score (nSPS) is 19.3. The van der Waals surface area contributed by atoms with Gasteiger partial charge in [-0.2, -0.15) is 4.31 Å². The molecule has 1 aromatic carbocycles. The number of aliphatic hydroxyl groups is 1. The van der Waals surface area contributed by atoms with E-state index in [0.29, 0.717) is 25.3 Å². The largest absolute Gasteiger partial charge is 0.392 e. The quantitative estimate of drug-likeness (QED) is 0.865. The van der Waals surface area contributed by atoms with Gasteiger partial charge in [-0.25, -0.2) is 8.42 Å². The van der Waals surface area contributed by atoms with E-state index in [1.165, 1.54) is 16.4 Å². The molecule has 2 rings (SSSR count). The Hall–Kier alpha value is -0.660. The van der Waals surface area contributed by atoms with Gasteiger partial charge in [0, 0.05) is 19.7 Å². The summed E-state index contributed by atoms with van der Waals surface area (Å²) in [5, 5.41) is 9.34. The van der Waals surface area contributed by atoms with Crippen molar-refractivity contribution in [2.45, 2.75) is 37.4 Å². The minimum Gasteiger partial charge on any atom is -0.392 e. The van der Waals surface area contributed by atoms with Gasteiger partial charge in [-0.15, -0.1) is 0 Å². The molecule has 1 unspecified atom stereocenters.